The molecule has 0 bridgehead atoms. The van der Waals surface area contributed by atoms with Gasteiger partial charge in [-0.15, -0.1) is 0 Å². The lowest BCUT2D eigenvalue weighted by Crippen LogP contribution is -2.14. The van der Waals surface area contributed by atoms with Gasteiger partial charge in [0.1, 0.15) is 0 Å². The van der Waals surface area contributed by atoms with Crippen LogP contribution in [-0.4, -0.2) is 10.9 Å². The van der Waals surface area contributed by atoms with Gasteiger partial charge >= 0.3 is 6.18 Å². The summed E-state index contributed by atoms with van der Waals surface area (Å²) in [4.78, 5) is 16.8. The normalized spacial score (nSPS) is 11.3. The second-order valence-corrected chi connectivity index (χ2v) is 6.74. The molecule has 1 N–H and O–H groups in total. The fourth-order valence-electron chi connectivity index (χ4n) is 2.60. The zero-order valence-electron chi connectivity index (χ0n) is 14.1. The van der Waals surface area contributed by atoms with Crippen molar-refractivity contribution in [3.63, 3.8) is 0 Å². The van der Waals surface area contributed by atoms with Gasteiger partial charge in [-0.25, -0.2) is 0 Å². The monoisotopic (exact) mass is 434 g/mol. The van der Waals surface area contributed by atoms with Crippen molar-refractivity contribution in [2.24, 2.45) is 0 Å². The first-order valence-corrected chi connectivity index (χ1v) is 8.75. The molecular weight excluding hydrogens is 421 g/mol. The van der Waals surface area contributed by atoms with Gasteiger partial charge in [0.15, 0.2) is 0 Å². The number of hydrogen-bond donors (Lipinski definition) is 1. The SMILES string of the molecule is Cc1cc(-c2ccccc2)c(NC(=O)c2ccc(C(F)(F)F)c(Br)c2)cn1. The largest absolute Gasteiger partial charge is 0.417 e. The van der Waals surface area contributed by atoms with E-state index in [0.29, 0.717) is 5.69 Å². The molecule has 3 nitrogen and oxygen atoms in total. The van der Waals surface area contributed by atoms with Crippen molar-refractivity contribution in [2.75, 3.05) is 5.32 Å². The van der Waals surface area contributed by atoms with Crippen molar-refractivity contribution in [1.29, 1.82) is 0 Å². The molecule has 1 heterocycles. The smallest absolute Gasteiger partial charge is 0.320 e. The molecule has 27 heavy (non-hydrogen) atoms. The third kappa shape index (κ3) is 4.36. The maximum absolute atomic E-state index is 12.9. The second kappa shape index (κ2) is 7.52. The summed E-state index contributed by atoms with van der Waals surface area (Å²) in [6.07, 6.45) is -2.95. The summed E-state index contributed by atoms with van der Waals surface area (Å²) >= 11 is 2.89. The van der Waals surface area contributed by atoms with Gasteiger partial charge in [-0.1, -0.05) is 46.3 Å². The number of benzene rings is 2. The first-order valence-electron chi connectivity index (χ1n) is 7.96. The van der Waals surface area contributed by atoms with Crippen LogP contribution in [0.3, 0.4) is 0 Å². The average molecular weight is 435 g/mol. The number of amides is 1. The van der Waals surface area contributed by atoms with E-state index < -0.39 is 17.6 Å². The van der Waals surface area contributed by atoms with Gasteiger partial charge in [0.25, 0.3) is 5.91 Å². The molecule has 3 rings (SSSR count). The molecule has 0 saturated carbocycles. The molecule has 2 aromatic carbocycles. The van der Waals surface area contributed by atoms with Gasteiger partial charge in [-0.05, 0) is 36.8 Å². The lowest BCUT2D eigenvalue weighted by Gasteiger charge is -2.13. The van der Waals surface area contributed by atoms with E-state index in [0.717, 1.165) is 35.0 Å². The maximum atomic E-state index is 12.9. The third-order valence-electron chi connectivity index (χ3n) is 3.91. The Balaban J connectivity index is 1.92. The van der Waals surface area contributed by atoms with Crippen LogP contribution in [0.15, 0.2) is 65.3 Å². The standard InChI is InChI=1S/C20H14BrF3N2O/c1-12-9-15(13-5-3-2-4-6-13)18(11-25-12)26-19(27)14-7-8-16(17(21)10-14)20(22,23)24/h2-11H,1H3,(H,26,27). The molecule has 1 amide bonds. The van der Waals surface area contributed by atoms with E-state index in [2.05, 4.69) is 26.2 Å². The van der Waals surface area contributed by atoms with Crippen LogP contribution in [0.1, 0.15) is 21.6 Å². The van der Waals surface area contributed by atoms with E-state index in [4.69, 9.17) is 0 Å². The molecule has 0 aliphatic carbocycles. The zero-order chi connectivity index (χ0) is 19.6. The van der Waals surface area contributed by atoms with Crippen molar-refractivity contribution in [1.82, 2.24) is 4.98 Å². The highest BCUT2D eigenvalue weighted by molar-refractivity contribution is 9.10. The van der Waals surface area contributed by atoms with Gasteiger partial charge < -0.3 is 5.32 Å². The number of anilines is 1. The number of hydrogen-bond acceptors (Lipinski definition) is 2. The van der Waals surface area contributed by atoms with Gasteiger partial charge in [-0.2, -0.15) is 13.2 Å². The summed E-state index contributed by atoms with van der Waals surface area (Å²) in [6.45, 7) is 1.84. The summed E-state index contributed by atoms with van der Waals surface area (Å²) in [5.41, 5.74) is 2.21. The molecule has 0 spiro atoms. The number of carbonyl (C=O) groups is 1. The summed E-state index contributed by atoms with van der Waals surface area (Å²) < 4.78 is 38.4. The molecule has 1 aromatic heterocycles. The minimum atomic E-state index is -4.49. The van der Waals surface area contributed by atoms with Gasteiger partial charge in [-0.3, -0.25) is 9.78 Å². The predicted octanol–water partition coefficient (Wildman–Crippen LogP) is 6.09. The Hall–Kier alpha value is -2.67. The lowest BCUT2D eigenvalue weighted by molar-refractivity contribution is -0.138. The molecule has 7 heteroatoms. The fourth-order valence-corrected chi connectivity index (χ4v) is 3.20. The number of aryl methyl sites for hydroxylation is 1. The summed E-state index contributed by atoms with van der Waals surface area (Å²) in [7, 11) is 0. The number of nitrogens with zero attached hydrogens (tertiary/aromatic N) is 1. The van der Waals surface area contributed by atoms with Crippen molar-refractivity contribution in [2.45, 2.75) is 13.1 Å². The van der Waals surface area contributed by atoms with Crippen molar-refractivity contribution in [3.8, 4) is 11.1 Å². The molecule has 0 aliphatic rings. The molecule has 0 unspecified atom stereocenters. The number of pyridine rings is 1. The van der Waals surface area contributed by atoms with Crippen molar-refractivity contribution >= 4 is 27.5 Å². The Bertz CT molecular complexity index is 988. The Kier molecular flexibility index (Phi) is 5.32. The Labute approximate surface area is 162 Å². The zero-order valence-corrected chi connectivity index (χ0v) is 15.7. The van der Waals surface area contributed by atoms with Crippen molar-refractivity contribution < 1.29 is 18.0 Å². The van der Waals surface area contributed by atoms with Crippen LogP contribution in [0.5, 0.6) is 0 Å². The molecule has 0 saturated heterocycles. The average Bonchev–Trinajstić information content (AvgIpc) is 2.62. The fraction of sp³-hybridized carbons (Fsp3) is 0.100. The summed E-state index contributed by atoms with van der Waals surface area (Å²) in [6, 6.07) is 14.5. The van der Waals surface area contributed by atoms with Gasteiger partial charge in [0, 0.05) is 21.3 Å². The summed E-state index contributed by atoms with van der Waals surface area (Å²) in [5, 5.41) is 2.73. The van der Waals surface area contributed by atoms with Crippen LogP contribution in [-0.2, 0) is 6.18 Å². The van der Waals surface area contributed by atoms with E-state index in [9.17, 15) is 18.0 Å². The Morgan fingerprint density at radius 2 is 1.78 bits per heavy atom. The number of nitrogens with one attached hydrogen (secondary N) is 1. The minimum Gasteiger partial charge on any atom is -0.320 e. The highest BCUT2D eigenvalue weighted by Gasteiger charge is 2.33. The topological polar surface area (TPSA) is 42.0 Å². The lowest BCUT2D eigenvalue weighted by atomic mass is 10.0. The van der Waals surface area contributed by atoms with Crippen LogP contribution < -0.4 is 5.32 Å². The molecule has 3 aromatic rings. The third-order valence-corrected chi connectivity index (χ3v) is 4.57. The van der Waals surface area contributed by atoms with E-state index in [-0.39, 0.29) is 10.0 Å². The number of aromatic nitrogens is 1. The van der Waals surface area contributed by atoms with Crippen molar-refractivity contribution in [3.05, 3.63) is 82.1 Å². The van der Waals surface area contributed by atoms with Crippen LogP contribution in [0, 0.1) is 6.92 Å². The predicted molar refractivity (Wildman–Crippen MR) is 102 cm³/mol. The van der Waals surface area contributed by atoms with E-state index in [1.54, 1.807) is 0 Å². The number of alkyl halides is 3. The molecular formula is C20H14BrF3N2O. The molecule has 138 valence electrons. The first kappa shape index (κ1) is 19.1. The minimum absolute atomic E-state index is 0.106. The molecule has 0 aliphatic heterocycles. The highest BCUT2D eigenvalue weighted by Crippen LogP contribution is 2.35. The van der Waals surface area contributed by atoms with E-state index >= 15 is 0 Å². The van der Waals surface area contributed by atoms with Crippen LogP contribution in [0.25, 0.3) is 11.1 Å². The van der Waals surface area contributed by atoms with E-state index in [1.165, 1.54) is 6.20 Å². The maximum Gasteiger partial charge on any atom is 0.417 e. The van der Waals surface area contributed by atoms with Crippen LogP contribution in [0.2, 0.25) is 0 Å². The highest BCUT2D eigenvalue weighted by atomic mass is 79.9. The number of carbonyl (C=O) groups excluding carboxylic acids is 1. The second-order valence-electron chi connectivity index (χ2n) is 5.88. The Morgan fingerprint density at radius 1 is 1.07 bits per heavy atom. The molecule has 0 atom stereocenters. The summed E-state index contributed by atoms with van der Waals surface area (Å²) in [5.74, 6) is -0.521. The Morgan fingerprint density at radius 3 is 2.41 bits per heavy atom. The molecule has 0 fully saturated rings. The van der Waals surface area contributed by atoms with Gasteiger partial charge in [0.2, 0.25) is 0 Å². The number of rotatable bonds is 3. The number of halogens is 4. The first-order chi connectivity index (χ1) is 12.8. The molecule has 0 radical (unpaired) electrons. The van der Waals surface area contributed by atoms with Gasteiger partial charge in [0.05, 0.1) is 17.4 Å². The van der Waals surface area contributed by atoms with E-state index in [1.807, 2.05) is 43.3 Å². The quantitative estimate of drug-likeness (QED) is 0.541. The van der Waals surface area contributed by atoms with Crippen LogP contribution >= 0.6 is 15.9 Å². The van der Waals surface area contributed by atoms with Crippen LogP contribution in [0.4, 0.5) is 18.9 Å².